The first-order chi connectivity index (χ1) is 3.63. The summed E-state index contributed by atoms with van der Waals surface area (Å²) in [7, 11) is 0. The van der Waals surface area contributed by atoms with E-state index in [1.54, 1.807) is 0 Å². The van der Waals surface area contributed by atoms with Gasteiger partial charge < -0.3 is 43.1 Å². The maximum absolute atomic E-state index is 9.64. The van der Waals surface area contributed by atoms with Gasteiger partial charge in [0, 0.05) is 29.6 Å². The average molecular weight is 249 g/mol. The fourth-order valence-electron chi connectivity index (χ4n) is 0.214. The van der Waals surface area contributed by atoms with Crippen molar-refractivity contribution in [3.8, 4) is 0 Å². The van der Waals surface area contributed by atoms with Crippen LogP contribution in [0.3, 0.4) is 0 Å². The number of carbonyl (C=O) groups is 2. The summed E-state index contributed by atoms with van der Waals surface area (Å²) in [4.78, 5) is 19.3. The van der Waals surface area contributed by atoms with Crippen LogP contribution in [0.1, 0.15) is 12.8 Å². The molecule has 0 atom stereocenters. The number of hydrogen-bond donors (Lipinski definition) is 2. The van der Waals surface area contributed by atoms with Gasteiger partial charge in [0.2, 0.25) is 0 Å². The molecule has 10 nitrogen and oxygen atoms in total. The third-order valence-corrected chi connectivity index (χ3v) is 0.553. The van der Waals surface area contributed by atoms with Crippen molar-refractivity contribution in [2.45, 2.75) is 12.8 Å². The zero-order valence-corrected chi connectivity index (χ0v) is 10.1. The van der Waals surface area contributed by atoms with Gasteiger partial charge in [0.15, 0.2) is 0 Å². The fraction of sp³-hybridized carbons (Fsp3) is 0.500. The van der Waals surface area contributed by atoms with Gasteiger partial charge in [0.05, 0.1) is 12.8 Å². The first-order valence-electron chi connectivity index (χ1n) is 2.06. The monoisotopic (exact) mass is 249 g/mol. The predicted octanol–water partition coefficient (Wildman–Crippen LogP) is -5.39. The first kappa shape index (κ1) is 61.5. The smallest absolute Gasteiger partial charge is 0.303 e. The quantitative estimate of drug-likeness (QED) is 0.463. The van der Waals surface area contributed by atoms with Crippen LogP contribution in [0.4, 0.5) is 0 Å². The summed E-state index contributed by atoms with van der Waals surface area (Å²) >= 11 is 0. The minimum Gasteiger partial charge on any atom is -0.481 e. The summed E-state index contributed by atoms with van der Waals surface area (Å²) in [6.07, 6.45) is -0.593. The van der Waals surface area contributed by atoms with Gasteiger partial charge in [-0.15, -0.1) is 0 Å². The molecule has 0 aromatic carbocycles. The van der Waals surface area contributed by atoms with Crippen molar-refractivity contribution in [3.63, 3.8) is 0 Å². The minimum atomic E-state index is -1.08. The van der Waals surface area contributed by atoms with Crippen molar-refractivity contribution in [1.29, 1.82) is 0 Å². The largest absolute Gasteiger partial charge is 0.481 e. The van der Waals surface area contributed by atoms with Crippen LogP contribution in [0.15, 0.2) is 0 Å². The van der Waals surface area contributed by atoms with Gasteiger partial charge in [0.25, 0.3) is 0 Å². The maximum atomic E-state index is 9.64. The Labute approximate surface area is 107 Å². The molecule has 0 rings (SSSR count). The summed E-state index contributed by atoms with van der Waals surface area (Å²) in [5.74, 6) is -2.15. The maximum Gasteiger partial charge on any atom is 0.303 e. The third-order valence-electron chi connectivity index (χ3n) is 0.553. The Bertz CT molecular complexity index is 102. The molecule has 95 valence electrons. The molecule has 0 aliphatic heterocycles. The zero-order chi connectivity index (χ0) is 6.57. The molecule has 11 heteroatoms. The molecule has 0 saturated carbocycles. The van der Waals surface area contributed by atoms with Crippen molar-refractivity contribution >= 4 is 41.5 Å². The molecule has 14 N–H and O–H groups in total. The van der Waals surface area contributed by atoms with Crippen LogP contribution in [0.25, 0.3) is 0 Å². The van der Waals surface area contributed by atoms with E-state index < -0.39 is 11.9 Å². The standard InChI is InChI=1S/C4H6O4.Na.6H2O/c5-3(6)1-2-4(7)8;;;;;;;/h1-2H2,(H,5,6)(H,7,8);;6*1H2. The van der Waals surface area contributed by atoms with E-state index in [-0.39, 0.29) is 75.3 Å². The number of rotatable bonds is 3. The Kier molecular flexibility index (Phi) is 153. The van der Waals surface area contributed by atoms with E-state index in [9.17, 15) is 9.59 Å². The van der Waals surface area contributed by atoms with Crippen LogP contribution in [0.5, 0.6) is 0 Å². The van der Waals surface area contributed by atoms with Gasteiger partial charge in [-0.2, -0.15) is 0 Å². The Morgan fingerprint density at radius 1 is 0.667 bits per heavy atom. The van der Waals surface area contributed by atoms with Crippen molar-refractivity contribution < 1.29 is 52.7 Å². The van der Waals surface area contributed by atoms with Crippen molar-refractivity contribution in [2.75, 3.05) is 0 Å². The molecule has 0 aliphatic carbocycles. The van der Waals surface area contributed by atoms with E-state index in [4.69, 9.17) is 10.2 Å². The van der Waals surface area contributed by atoms with Crippen molar-refractivity contribution in [2.24, 2.45) is 0 Å². The molecule has 0 heterocycles. The molecular weight excluding hydrogens is 231 g/mol. The van der Waals surface area contributed by atoms with Crippen LogP contribution in [-0.4, -0.2) is 84.6 Å². The van der Waals surface area contributed by atoms with Crippen LogP contribution in [0.2, 0.25) is 0 Å². The van der Waals surface area contributed by atoms with E-state index >= 15 is 0 Å². The van der Waals surface area contributed by atoms with Gasteiger partial charge in [-0.05, 0) is 0 Å². The van der Waals surface area contributed by atoms with E-state index in [1.807, 2.05) is 0 Å². The summed E-state index contributed by atoms with van der Waals surface area (Å²) < 4.78 is 0. The molecule has 0 aromatic rings. The summed E-state index contributed by atoms with van der Waals surface area (Å²) in [5, 5.41) is 15.8. The molecule has 15 heavy (non-hydrogen) atoms. The van der Waals surface area contributed by atoms with E-state index in [0.717, 1.165) is 0 Å². The van der Waals surface area contributed by atoms with E-state index in [0.29, 0.717) is 0 Å². The number of carboxylic acid groups (broad SMARTS) is 2. The van der Waals surface area contributed by atoms with Crippen LogP contribution in [0, 0.1) is 0 Å². The molecule has 0 unspecified atom stereocenters. The molecule has 0 bridgehead atoms. The molecule has 1 radical (unpaired) electrons. The summed E-state index contributed by atoms with van der Waals surface area (Å²) in [6, 6.07) is 0. The Hall–Kier alpha value is -0.300. The van der Waals surface area contributed by atoms with Crippen molar-refractivity contribution in [3.05, 3.63) is 0 Å². The number of hydrogen-bond acceptors (Lipinski definition) is 2. The van der Waals surface area contributed by atoms with Crippen LogP contribution >= 0.6 is 0 Å². The Balaban J connectivity index is -0.0000000117. The normalized spacial score (nSPS) is 4.53. The van der Waals surface area contributed by atoms with E-state index in [2.05, 4.69) is 0 Å². The first-order valence-corrected chi connectivity index (χ1v) is 2.06. The summed E-state index contributed by atoms with van der Waals surface area (Å²) in [6.45, 7) is 0. The van der Waals surface area contributed by atoms with Crippen LogP contribution < -0.4 is 0 Å². The van der Waals surface area contributed by atoms with Crippen LogP contribution in [-0.2, 0) is 9.59 Å². The summed E-state index contributed by atoms with van der Waals surface area (Å²) in [5.41, 5.74) is 0. The predicted molar refractivity (Wildman–Crippen MR) is 51.9 cm³/mol. The van der Waals surface area contributed by atoms with Gasteiger partial charge in [-0.3, -0.25) is 9.59 Å². The molecule has 0 fully saturated rings. The molecule has 0 spiro atoms. The number of carboxylic acids is 2. The third kappa shape index (κ3) is 84.9. The topological polar surface area (TPSA) is 264 Å². The zero-order valence-electron chi connectivity index (χ0n) is 8.13. The second kappa shape index (κ2) is 37.3. The average Bonchev–Trinajstić information content (AvgIpc) is 1.61. The molecule has 0 aromatic heterocycles. The molecular formula is C4H18NaO10. The number of aliphatic carboxylic acids is 2. The molecule has 0 aliphatic rings. The van der Waals surface area contributed by atoms with Gasteiger partial charge >= 0.3 is 11.9 Å². The molecule has 0 saturated heterocycles. The van der Waals surface area contributed by atoms with Gasteiger partial charge in [-0.25, -0.2) is 0 Å². The van der Waals surface area contributed by atoms with Gasteiger partial charge in [-0.1, -0.05) is 0 Å². The Morgan fingerprint density at radius 2 is 0.800 bits per heavy atom. The van der Waals surface area contributed by atoms with E-state index in [1.165, 1.54) is 0 Å². The fourth-order valence-corrected chi connectivity index (χ4v) is 0.214. The van der Waals surface area contributed by atoms with Gasteiger partial charge in [0.1, 0.15) is 0 Å². The Morgan fingerprint density at radius 3 is 0.867 bits per heavy atom. The second-order valence-corrected chi connectivity index (χ2v) is 1.29. The SMILES string of the molecule is O.O.O.O.O.O.O=C(O)CCC(=O)O.[Na]. The minimum absolute atomic E-state index is 0. The van der Waals surface area contributed by atoms with Crippen molar-refractivity contribution in [1.82, 2.24) is 0 Å². The molecule has 0 amide bonds. The second-order valence-electron chi connectivity index (χ2n) is 1.29.